The minimum absolute atomic E-state index is 0.102. The molecule has 0 fully saturated rings. The Morgan fingerprint density at radius 3 is 0.819 bits per heavy atom. The Balaban J connectivity index is 5.24. The van der Waals surface area contributed by atoms with E-state index in [0.29, 0.717) is 37.5 Å². The summed E-state index contributed by atoms with van der Waals surface area (Å²) >= 11 is 0. The van der Waals surface area contributed by atoms with Gasteiger partial charge in [0.15, 0.2) is 12.2 Å². The molecule has 19 heteroatoms. The van der Waals surface area contributed by atoms with E-state index >= 15 is 0 Å². The van der Waals surface area contributed by atoms with Crippen molar-refractivity contribution in [3.8, 4) is 0 Å². The van der Waals surface area contributed by atoms with E-state index in [2.05, 4.69) is 41.5 Å². The van der Waals surface area contributed by atoms with Crippen molar-refractivity contribution in [1.82, 2.24) is 0 Å². The number of hydrogen-bond donors (Lipinski definition) is 3. The predicted molar refractivity (Wildman–Crippen MR) is 331 cm³/mol. The molecule has 0 aliphatic carbocycles. The lowest BCUT2D eigenvalue weighted by molar-refractivity contribution is -0.161. The van der Waals surface area contributed by atoms with Gasteiger partial charge >= 0.3 is 39.5 Å². The van der Waals surface area contributed by atoms with Crippen molar-refractivity contribution in [3.05, 3.63) is 0 Å². The van der Waals surface area contributed by atoms with E-state index in [-0.39, 0.29) is 25.7 Å². The lowest BCUT2D eigenvalue weighted by Gasteiger charge is -2.21. The van der Waals surface area contributed by atoms with Crippen molar-refractivity contribution in [2.45, 2.75) is 336 Å². The van der Waals surface area contributed by atoms with E-state index < -0.39 is 97.5 Å². The summed E-state index contributed by atoms with van der Waals surface area (Å²) in [6.07, 6.45) is 39.1. The second-order valence-electron chi connectivity index (χ2n) is 24.1. The zero-order valence-corrected chi connectivity index (χ0v) is 55.3. The van der Waals surface area contributed by atoms with Gasteiger partial charge in [-0.15, -0.1) is 0 Å². The van der Waals surface area contributed by atoms with Crippen molar-refractivity contribution >= 4 is 39.5 Å². The van der Waals surface area contributed by atoms with Crippen LogP contribution in [0.3, 0.4) is 0 Å². The highest BCUT2D eigenvalue weighted by molar-refractivity contribution is 7.47. The van der Waals surface area contributed by atoms with Gasteiger partial charge in [0.05, 0.1) is 26.4 Å². The molecule has 5 atom stereocenters. The molecule has 492 valence electrons. The van der Waals surface area contributed by atoms with Crippen LogP contribution in [0.1, 0.15) is 318 Å². The van der Waals surface area contributed by atoms with Crippen LogP contribution in [0, 0.1) is 11.8 Å². The summed E-state index contributed by atoms with van der Waals surface area (Å²) in [5, 5.41) is 10.5. The average molecular weight is 1230 g/mol. The number of phosphoric ester groups is 2. The Labute approximate surface area is 505 Å². The molecular formula is C64H124O17P2. The molecule has 0 saturated heterocycles. The molecule has 0 heterocycles. The highest BCUT2D eigenvalue weighted by atomic mass is 31.2. The van der Waals surface area contributed by atoms with Gasteiger partial charge in [0.1, 0.15) is 19.3 Å². The SMILES string of the molecule is CCCCCCCCCCCCCCCC(=O)O[C@H](COC(=O)CCCCCCCCCCCCC)COP(=O)(O)OC[C@@H](O)COP(=O)(O)OC[C@@H](COC(=O)CCCCCCCCC(C)C)OC(=O)CCCCCCCCCC(C)C. The topological polar surface area (TPSA) is 237 Å². The lowest BCUT2D eigenvalue weighted by Crippen LogP contribution is -2.30. The molecule has 83 heavy (non-hydrogen) atoms. The highest BCUT2D eigenvalue weighted by Gasteiger charge is 2.30. The number of unbranched alkanes of at least 4 members (excludes halogenated alkanes) is 33. The fourth-order valence-electron chi connectivity index (χ4n) is 9.53. The molecule has 0 bridgehead atoms. The molecule has 0 saturated carbocycles. The molecular weight excluding hydrogens is 1100 g/mol. The van der Waals surface area contributed by atoms with Crippen molar-refractivity contribution in [2.24, 2.45) is 11.8 Å². The monoisotopic (exact) mass is 1230 g/mol. The fraction of sp³-hybridized carbons (Fsp3) is 0.938. The molecule has 0 aliphatic rings. The lowest BCUT2D eigenvalue weighted by atomic mass is 10.0. The number of aliphatic hydroxyl groups is 1. The smallest absolute Gasteiger partial charge is 0.462 e. The van der Waals surface area contributed by atoms with Crippen LogP contribution in [-0.2, 0) is 65.4 Å². The van der Waals surface area contributed by atoms with E-state index in [1.165, 1.54) is 128 Å². The summed E-state index contributed by atoms with van der Waals surface area (Å²) in [4.78, 5) is 72.2. The molecule has 17 nitrogen and oxygen atoms in total. The molecule has 2 unspecified atom stereocenters. The maximum absolute atomic E-state index is 13.0. The second kappa shape index (κ2) is 56.6. The molecule has 0 rings (SSSR count). The number of phosphoric acid groups is 2. The first-order chi connectivity index (χ1) is 39.9. The van der Waals surface area contributed by atoms with Gasteiger partial charge in [0.25, 0.3) is 0 Å². The van der Waals surface area contributed by atoms with Gasteiger partial charge in [-0.1, -0.05) is 266 Å². The van der Waals surface area contributed by atoms with E-state index in [1.54, 1.807) is 0 Å². The number of carbonyl (C=O) groups excluding carboxylic acids is 4. The van der Waals surface area contributed by atoms with Crippen LogP contribution in [0.5, 0.6) is 0 Å². The molecule has 0 aromatic heterocycles. The summed E-state index contributed by atoms with van der Waals surface area (Å²) in [6.45, 7) is 9.35. The van der Waals surface area contributed by atoms with Crippen LogP contribution in [0.2, 0.25) is 0 Å². The van der Waals surface area contributed by atoms with Crippen molar-refractivity contribution < 1.29 is 80.2 Å². The minimum atomic E-state index is -4.94. The number of ether oxygens (including phenoxy) is 4. The molecule has 0 radical (unpaired) electrons. The Kier molecular flexibility index (Phi) is 55.2. The molecule has 0 amide bonds. The minimum Gasteiger partial charge on any atom is -0.462 e. The van der Waals surface area contributed by atoms with Gasteiger partial charge in [-0.3, -0.25) is 37.3 Å². The first-order valence-corrected chi connectivity index (χ1v) is 36.5. The molecule has 3 N–H and O–H groups in total. The number of carbonyl (C=O) groups is 4. The van der Waals surface area contributed by atoms with Gasteiger partial charge in [-0.25, -0.2) is 9.13 Å². The number of aliphatic hydroxyl groups excluding tert-OH is 1. The second-order valence-corrected chi connectivity index (χ2v) is 27.0. The number of rotatable bonds is 63. The predicted octanol–water partition coefficient (Wildman–Crippen LogP) is 17.7. The van der Waals surface area contributed by atoms with Gasteiger partial charge in [0, 0.05) is 25.7 Å². The maximum Gasteiger partial charge on any atom is 0.472 e. The Hall–Kier alpha value is -1.94. The van der Waals surface area contributed by atoms with E-state index in [0.717, 1.165) is 96.3 Å². The van der Waals surface area contributed by atoms with Crippen LogP contribution in [0.25, 0.3) is 0 Å². The molecule has 0 spiro atoms. The van der Waals surface area contributed by atoms with Gasteiger partial charge in [0.2, 0.25) is 0 Å². The number of hydrogen-bond acceptors (Lipinski definition) is 15. The third-order valence-corrected chi connectivity index (χ3v) is 16.6. The van der Waals surface area contributed by atoms with Crippen LogP contribution in [0.15, 0.2) is 0 Å². The zero-order valence-electron chi connectivity index (χ0n) is 53.5. The summed E-state index contributed by atoms with van der Waals surface area (Å²) in [7, 11) is -9.89. The van der Waals surface area contributed by atoms with Crippen molar-refractivity contribution in [2.75, 3.05) is 39.6 Å². The third-order valence-electron chi connectivity index (χ3n) is 14.7. The quantitative estimate of drug-likeness (QED) is 0.0222. The summed E-state index contributed by atoms with van der Waals surface area (Å²) in [6, 6.07) is 0. The Morgan fingerprint density at radius 2 is 0.554 bits per heavy atom. The highest BCUT2D eigenvalue weighted by Crippen LogP contribution is 2.45. The van der Waals surface area contributed by atoms with Gasteiger partial charge < -0.3 is 33.8 Å². The van der Waals surface area contributed by atoms with Crippen molar-refractivity contribution in [3.63, 3.8) is 0 Å². The number of esters is 4. The van der Waals surface area contributed by atoms with Crippen LogP contribution < -0.4 is 0 Å². The largest absolute Gasteiger partial charge is 0.472 e. The Bertz CT molecular complexity index is 1630. The van der Waals surface area contributed by atoms with Gasteiger partial charge in [-0.05, 0) is 37.5 Å². The van der Waals surface area contributed by atoms with Gasteiger partial charge in [-0.2, -0.15) is 0 Å². The third kappa shape index (κ3) is 58.8. The first kappa shape index (κ1) is 81.1. The maximum atomic E-state index is 13.0. The standard InChI is InChI=1S/C64H124O17P2/c1-7-9-11-13-15-17-19-20-22-24-28-36-42-48-63(68)80-59(52-74-61(66)46-40-34-27-23-21-18-16-14-12-10-8-2)54-78-82(70,71)76-50-58(65)51-77-83(72,73)79-55-60(53-75-62(67)47-41-35-31-30-33-39-45-57(5)6)81-64(69)49-43-37-29-25-26-32-38-44-56(3)4/h56-60,65H,7-55H2,1-6H3,(H,70,71)(H,72,73)/t58-,59-,60-/m1/s1. The Morgan fingerprint density at radius 1 is 0.325 bits per heavy atom. The van der Waals surface area contributed by atoms with Crippen LogP contribution in [-0.4, -0.2) is 96.7 Å². The summed E-state index contributed by atoms with van der Waals surface area (Å²) < 4.78 is 68.0. The van der Waals surface area contributed by atoms with Crippen LogP contribution >= 0.6 is 15.6 Å². The first-order valence-electron chi connectivity index (χ1n) is 33.5. The van der Waals surface area contributed by atoms with E-state index in [1.807, 2.05) is 0 Å². The normalized spacial score (nSPS) is 14.3. The summed E-state index contributed by atoms with van der Waals surface area (Å²) in [5.41, 5.74) is 0. The average Bonchev–Trinajstić information content (AvgIpc) is 3.44. The van der Waals surface area contributed by atoms with Crippen molar-refractivity contribution in [1.29, 1.82) is 0 Å². The molecule has 0 aromatic carbocycles. The summed E-state index contributed by atoms with van der Waals surface area (Å²) in [5.74, 6) is -0.761. The van der Waals surface area contributed by atoms with E-state index in [9.17, 15) is 43.2 Å². The molecule has 0 aromatic rings. The van der Waals surface area contributed by atoms with E-state index in [4.69, 9.17) is 37.0 Å². The molecule has 0 aliphatic heterocycles. The zero-order chi connectivity index (χ0) is 61.5. The fourth-order valence-corrected chi connectivity index (χ4v) is 11.1. The van der Waals surface area contributed by atoms with Crippen LogP contribution in [0.4, 0.5) is 0 Å².